The van der Waals surface area contributed by atoms with Gasteiger partial charge < -0.3 is 9.94 Å². The Kier molecular flexibility index (Phi) is 3.14. The second-order valence-corrected chi connectivity index (χ2v) is 1.37. The fraction of sp³-hybridized carbons (Fsp3) is 0.750. The first-order valence-corrected chi connectivity index (χ1v) is 2.19. The van der Waals surface area contributed by atoms with Gasteiger partial charge in [-0.2, -0.15) is 5.48 Å². The summed E-state index contributed by atoms with van der Waals surface area (Å²) in [5.41, 5.74) is 1.74. The lowest BCUT2D eigenvalue weighted by atomic mass is 10.4. The molecule has 0 amide bonds. The average Bonchev–Trinajstić information content (AvgIpc) is 1.84. The standard InChI is InChI=1S/C4H9NO3/c1-3(5-7)4(6)8-2/h3,5,7H,1-2H3/t3-/m0/s1. The minimum absolute atomic E-state index is 0.479. The Morgan fingerprint density at radius 2 is 2.38 bits per heavy atom. The Morgan fingerprint density at radius 3 is 2.50 bits per heavy atom. The van der Waals surface area contributed by atoms with Gasteiger partial charge >= 0.3 is 5.97 Å². The van der Waals surface area contributed by atoms with E-state index in [1.54, 1.807) is 5.48 Å². The highest BCUT2D eigenvalue weighted by molar-refractivity contribution is 5.74. The predicted octanol–water partition coefficient (Wildman–Crippen LogP) is -0.473. The molecule has 0 bridgehead atoms. The first-order chi connectivity index (χ1) is 3.72. The number of ether oxygens (including phenoxy) is 1. The molecule has 0 aliphatic rings. The highest BCUT2D eigenvalue weighted by Gasteiger charge is 2.09. The number of esters is 1. The Balaban J connectivity index is 3.46. The van der Waals surface area contributed by atoms with Gasteiger partial charge in [-0.3, -0.25) is 4.79 Å². The summed E-state index contributed by atoms with van der Waals surface area (Å²) in [7, 11) is 1.26. The molecule has 0 aromatic heterocycles. The maximum absolute atomic E-state index is 10.3. The Hall–Kier alpha value is -0.610. The largest absolute Gasteiger partial charge is 0.468 e. The number of carbonyl (C=O) groups excluding carboxylic acids is 1. The highest BCUT2D eigenvalue weighted by atomic mass is 16.5. The van der Waals surface area contributed by atoms with E-state index < -0.39 is 12.0 Å². The summed E-state index contributed by atoms with van der Waals surface area (Å²) in [6, 6.07) is -0.639. The molecule has 0 aromatic carbocycles. The number of carbonyl (C=O) groups is 1. The number of nitrogens with one attached hydrogen (secondary N) is 1. The van der Waals surface area contributed by atoms with Crippen LogP contribution in [0.1, 0.15) is 6.92 Å². The molecule has 0 saturated carbocycles. The van der Waals surface area contributed by atoms with Gasteiger partial charge in [0.1, 0.15) is 6.04 Å². The first kappa shape index (κ1) is 7.39. The smallest absolute Gasteiger partial charge is 0.324 e. The third-order valence-electron chi connectivity index (χ3n) is 0.748. The maximum atomic E-state index is 10.3. The van der Waals surface area contributed by atoms with Gasteiger partial charge in [0, 0.05) is 0 Å². The molecule has 4 heteroatoms. The summed E-state index contributed by atoms with van der Waals surface area (Å²) in [5, 5.41) is 8.09. The van der Waals surface area contributed by atoms with Crippen LogP contribution in [0, 0.1) is 0 Å². The first-order valence-electron chi connectivity index (χ1n) is 2.19. The van der Waals surface area contributed by atoms with Gasteiger partial charge in [0.2, 0.25) is 0 Å². The molecule has 0 aliphatic heterocycles. The van der Waals surface area contributed by atoms with Gasteiger partial charge in [-0.15, -0.1) is 0 Å². The van der Waals surface area contributed by atoms with Crippen molar-refractivity contribution in [2.45, 2.75) is 13.0 Å². The van der Waals surface area contributed by atoms with Gasteiger partial charge in [0.25, 0.3) is 0 Å². The van der Waals surface area contributed by atoms with Crippen LogP contribution in [0.25, 0.3) is 0 Å². The zero-order valence-electron chi connectivity index (χ0n) is 4.84. The van der Waals surface area contributed by atoms with Crippen molar-refractivity contribution in [1.82, 2.24) is 5.48 Å². The summed E-state index contributed by atoms with van der Waals surface area (Å²) in [4.78, 5) is 10.3. The number of hydrogen-bond donors (Lipinski definition) is 2. The Morgan fingerprint density at radius 1 is 1.88 bits per heavy atom. The van der Waals surface area contributed by atoms with E-state index in [1.165, 1.54) is 14.0 Å². The van der Waals surface area contributed by atoms with Crippen LogP contribution in [0.2, 0.25) is 0 Å². The molecule has 4 nitrogen and oxygen atoms in total. The minimum Gasteiger partial charge on any atom is -0.468 e. The minimum atomic E-state index is -0.639. The third-order valence-corrected chi connectivity index (χ3v) is 0.748. The van der Waals surface area contributed by atoms with Gasteiger partial charge in [-0.05, 0) is 6.92 Å². The molecule has 1 atom stereocenters. The van der Waals surface area contributed by atoms with E-state index >= 15 is 0 Å². The molecule has 0 spiro atoms. The van der Waals surface area contributed by atoms with Crippen molar-refractivity contribution < 1.29 is 14.7 Å². The molecular weight excluding hydrogens is 110 g/mol. The quantitative estimate of drug-likeness (QED) is 0.381. The van der Waals surface area contributed by atoms with E-state index in [2.05, 4.69) is 4.74 Å². The third kappa shape index (κ3) is 1.90. The Bertz CT molecular complexity index is 83.4. The zero-order chi connectivity index (χ0) is 6.57. The molecule has 0 rings (SSSR count). The van der Waals surface area contributed by atoms with Crippen LogP contribution in [-0.2, 0) is 9.53 Å². The van der Waals surface area contributed by atoms with Gasteiger partial charge in [-0.1, -0.05) is 0 Å². The molecule has 0 radical (unpaired) electrons. The molecule has 0 aliphatic carbocycles. The van der Waals surface area contributed by atoms with Crippen molar-refractivity contribution in [2.24, 2.45) is 0 Å². The molecular formula is C4H9NO3. The van der Waals surface area contributed by atoms with Crippen molar-refractivity contribution in [1.29, 1.82) is 0 Å². The summed E-state index contributed by atoms with van der Waals surface area (Å²) < 4.78 is 4.24. The fourth-order valence-electron chi connectivity index (χ4n) is 0.229. The van der Waals surface area contributed by atoms with Crippen LogP contribution in [0.3, 0.4) is 0 Å². The normalized spacial score (nSPS) is 12.9. The number of methoxy groups -OCH3 is 1. The Labute approximate surface area is 47.4 Å². The van der Waals surface area contributed by atoms with Gasteiger partial charge in [0.15, 0.2) is 0 Å². The molecule has 0 heterocycles. The van der Waals surface area contributed by atoms with Crippen LogP contribution in [0.15, 0.2) is 0 Å². The van der Waals surface area contributed by atoms with Crippen molar-refractivity contribution in [3.05, 3.63) is 0 Å². The molecule has 48 valence electrons. The second kappa shape index (κ2) is 3.40. The van der Waals surface area contributed by atoms with E-state index in [1.807, 2.05) is 0 Å². The van der Waals surface area contributed by atoms with Crippen LogP contribution >= 0.6 is 0 Å². The molecule has 0 aromatic rings. The van der Waals surface area contributed by atoms with Gasteiger partial charge in [0.05, 0.1) is 7.11 Å². The molecule has 0 unspecified atom stereocenters. The highest BCUT2D eigenvalue weighted by Crippen LogP contribution is 1.81. The van der Waals surface area contributed by atoms with Crippen molar-refractivity contribution >= 4 is 5.97 Å². The topological polar surface area (TPSA) is 58.6 Å². The number of hydrogen-bond acceptors (Lipinski definition) is 4. The van der Waals surface area contributed by atoms with Crippen LogP contribution in [0.5, 0.6) is 0 Å². The molecule has 8 heavy (non-hydrogen) atoms. The fourth-order valence-corrected chi connectivity index (χ4v) is 0.229. The SMILES string of the molecule is COC(=O)[C@H](C)NO. The molecule has 2 N–H and O–H groups in total. The number of rotatable bonds is 2. The summed E-state index contributed by atoms with van der Waals surface area (Å²) >= 11 is 0. The van der Waals surface area contributed by atoms with E-state index in [0.717, 1.165) is 0 Å². The predicted molar refractivity (Wildman–Crippen MR) is 26.4 cm³/mol. The molecule has 0 fully saturated rings. The molecule has 0 saturated heterocycles. The van der Waals surface area contributed by atoms with Crippen molar-refractivity contribution in [3.8, 4) is 0 Å². The summed E-state index contributed by atoms with van der Waals surface area (Å²) in [5.74, 6) is -0.479. The van der Waals surface area contributed by atoms with E-state index in [4.69, 9.17) is 5.21 Å². The van der Waals surface area contributed by atoms with Crippen molar-refractivity contribution in [3.63, 3.8) is 0 Å². The van der Waals surface area contributed by atoms with Crippen LogP contribution in [0.4, 0.5) is 0 Å². The lowest BCUT2D eigenvalue weighted by molar-refractivity contribution is -0.145. The zero-order valence-corrected chi connectivity index (χ0v) is 4.84. The average molecular weight is 119 g/mol. The summed E-state index contributed by atoms with van der Waals surface area (Å²) in [6.07, 6.45) is 0. The lowest BCUT2D eigenvalue weighted by Gasteiger charge is -2.03. The van der Waals surface area contributed by atoms with E-state index in [-0.39, 0.29) is 0 Å². The van der Waals surface area contributed by atoms with Gasteiger partial charge in [-0.25, -0.2) is 0 Å². The second-order valence-electron chi connectivity index (χ2n) is 1.37. The van der Waals surface area contributed by atoms with E-state index in [0.29, 0.717) is 0 Å². The van der Waals surface area contributed by atoms with Crippen LogP contribution < -0.4 is 5.48 Å². The summed E-state index contributed by atoms with van der Waals surface area (Å²) in [6.45, 7) is 1.49. The van der Waals surface area contributed by atoms with E-state index in [9.17, 15) is 4.79 Å². The monoisotopic (exact) mass is 119 g/mol. The number of hydroxylamine groups is 1. The lowest BCUT2D eigenvalue weighted by Crippen LogP contribution is -2.31. The van der Waals surface area contributed by atoms with Crippen LogP contribution in [-0.4, -0.2) is 24.3 Å². The maximum Gasteiger partial charge on any atom is 0.324 e. The van der Waals surface area contributed by atoms with Crippen molar-refractivity contribution in [2.75, 3.05) is 7.11 Å².